The lowest BCUT2D eigenvalue weighted by molar-refractivity contribution is -0.138. The number of aromatic nitrogens is 1. The Morgan fingerprint density at radius 1 is 1.00 bits per heavy atom. The van der Waals surface area contributed by atoms with Crippen LogP contribution >= 0.6 is 0 Å². The van der Waals surface area contributed by atoms with E-state index in [1.165, 1.54) is 18.3 Å². The number of rotatable bonds is 7. The smallest absolute Gasteiger partial charge is 0.416 e. The number of hydrogen-bond donors (Lipinski definition) is 3. The van der Waals surface area contributed by atoms with Crippen LogP contribution in [0.1, 0.15) is 28.0 Å². The molecule has 32 heavy (non-hydrogen) atoms. The standard InChI is InChI=1S/C23H20F3N3O3/c24-23(25,26)16-10-17(14-4-2-1-3-5-14)19(12-27)18(11-16)15-6-7-20(29-13-15)22(32)28-9-8-21(30)31/h1-7,10-11,13H,8-9,12,27H2,(H,28,32)(H,30,31). The zero-order valence-electron chi connectivity index (χ0n) is 16.8. The lowest BCUT2D eigenvalue weighted by Crippen LogP contribution is -2.26. The molecular formula is C23H20F3N3O3. The summed E-state index contributed by atoms with van der Waals surface area (Å²) < 4.78 is 40.9. The fraction of sp³-hybridized carbons (Fsp3) is 0.174. The van der Waals surface area contributed by atoms with E-state index in [1.807, 2.05) is 0 Å². The average Bonchev–Trinajstić information content (AvgIpc) is 2.78. The van der Waals surface area contributed by atoms with Crippen molar-refractivity contribution in [2.45, 2.75) is 19.1 Å². The van der Waals surface area contributed by atoms with Crippen LogP contribution in [0, 0.1) is 0 Å². The first-order valence-electron chi connectivity index (χ1n) is 9.66. The molecule has 1 aromatic heterocycles. The van der Waals surface area contributed by atoms with Gasteiger partial charge in [-0.25, -0.2) is 0 Å². The summed E-state index contributed by atoms with van der Waals surface area (Å²) >= 11 is 0. The third kappa shape index (κ3) is 5.30. The van der Waals surface area contributed by atoms with Crippen LogP contribution in [0.2, 0.25) is 0 Å². The van der Waals surface area contributed by atoms with E-state index in [2.05, 4.69) is 10.3 Å². The monoisotopic (exact) mass is 443 g/mol. The van der Waals surface area contributed by atoms with Crippen LogP contribution in [-0.2, 0) is 17.5 Å². The average molecular weight is 443 g/mol. The van der Waals surface area contributed by atoms with E-state index in [9.17, 15) is 22.8 Å². The molecule has 3 rings (SSSR count). The molecule has 0 spiro atoms. The number of alkyl halides is 3. The molecule has 1 heterocycles. The highest BCUT2D eigenvalue weighted by molar-refractivity contribution is 5.93. The molecular weight excluding hydrogens is 423 g/mol. The number of hydrogen-bond acceptors (Lipinski definition) is 4. The van der Waals surface area contributed by atoms with E-state index in [1.54, 1.807) is 30.3 Å². The van der Waals surface area contributed by atoms with E-state index in [0.717, 1.165) is 12.1 Å². The summed E-state index contributed by atoms with van der Waals surface area (Å²) in [6.07, 6.45) is -3.51. The van der Waals surface area contributed by atoms with Crippen LogP contribution in [0.4, 0.5) is 13.2 Å². The highest BCUT2D eigenvalue weighted by Gasteiger charge is 2.32. The molecule has 3 aromatic rings. The number of halogens is 3. The lowest BCUT2D eigenvalue weighted by atomic mass is 9.90. The van der Waals surface area contributed by atoms with Crippen molar-refractivity contribution in [2.24, 2.45) is 5.73 Å². The van der Waals surface area contributed by atoms with Gasteiger partial charge in [-0.15, -0.1) is 0 Å². The molecule has 0 aliphatic carbocycles. The molecule has 0 radical (unpaired) electrons. The first-order chi connectivity index (χ1) is 15.2. The zero-order valence-corrected chi connectivity index (χ0v) is 16.8. The number of carboxylic acids is 1. The van der Waals surface area contributed by atoms with Crippen LogP contribution in [-0.4, -0.2) is 28.5 Å². The number of pyridine rings is 1. The fourth-order valence-corrected chi connectivity index (χ4v) is 3.25. The van der Waals surface area contributed by atoms with E-state index >= 15 is 0 Å². The number of nitrogens with one attached hydrogen (secondary N) is 1. The molecule has 0 saturated carbocycles. The molecule has 0 aliphatic heterocycles. The summed E-state index contributed by atoms with van der Waals surface area (Å²) in [6, 6.07) is 13.6. The molecule has 0 aliphatic rings. The van der Waals surface area contributed by atoms with Gasteiger partial charge in [-0.1, -0.05) is 36.4 Å². The zero-order chi connectivity index (χ0) is 23.3. The van der Waals surface area contributed by atoms with Gasteiger partial charge < -0.3 is 16.2 Å². The van der Waals surface area contributed by atoms with Crippen molar-refractivity contribution in [1.82, 2.24) is 10.3 Å². The normalized spacial score (nSPS) is 11.2. The Balaban J connectivity index is 2.03. The van der Waals surface area contributed by atoms with E-state index in [0.29, 0.717) is 22.3 Å². The topological polar surface area (TPSA) is 105 Å². The van der Waals surface area contributed by atoms with Crippen molar-refractivity contribution < 1.29 is 27.9 Å². The Kier molecular flexibility index (Phi) is 6.89. The Morgan fingerprint density at radius 3 is 2.19 bits per heavy atom. The minimum absolute atomic E-state index is 0.00484. The summed E-state index contributed by atoms with van der Waals surface area (Å²) in [4.78, 5) is 26.7. The van der Waals surface area contributed by atoms with Crippen molar-refractivity contribution in [3.63, 3.8) is 0 Å². The van der Waals surface area contributed by atoms with Crippen molar-refractivity contribution in [1.29, 1.82) is 0 Å². The third-order valence-corrected chi connectivity index (χ3v) is 4.80. The lowest BCUT2D eigenvalue weighted by Gasteiger charge is -2.18. The second kappa shape index (κ2) is 9.61. The molecule has 9 heteroatoms. The maximum atomic E-state index is 13.6. The number of benzene rings is 2. The van der Waals surface area contributed by atoms with Gasteiger partial charge in [0.05, 0.1) is 12.0 Å². The molecule has 0 bridgehead atoms. The molecule has 0 fully saturated rings. The van der Waals surface area contributed by atoms with Gasteiger partial charge in [-0.3, -0.25) is 14.6 Å². The quantitative estimate of drug-likeness (QED) is 0.510. The molecule has 4 N–H and O–H groups in total. The van der Waals surface area contributed by atoms with Gasteiger partial charge in [0, 0.05) is 24.8 Å². The van der Waals surface area contributed by atoms with Crippen LogP contribution in [0.25, 0.3) is 22.3 Å². The van der Waals surface area contributed by atoms with Gasteiger partial charge in [0.1, 0.15) is 5.69 Å². The fourth-order valence-electron chi connectivity index (χ4n) is 3.25. The molecule has 166 valence electrons. The molecule has 2 aromatic carbocycles. The minimum atomic E-state index is -4.57. The van der Waals surface area contributed by atoms with Gasteiger partial charge in [0.25, 0.3) is 5.91 Å². The van der Waals surface area contributed by atoms with E-state index in [-0.39, 0.29) is 30.8 Å². The second-order valence-electron chi connectivity index (χ2n) is 6.95. The summed E-state index contributed by atoms with van der Waals surface area (Å²) in [5.74, 6) is -1.63. The number of carboxylic acid groups (broad SMARTS) is 1. The Labute approximate surface area is 181 Å². The highest BCUT2D eigenvalue weighted by Crippen LogP contribution is 2.39. The van der Waals surface area contributed by atoms with Crippen molar-refractivity contribution in [3.05, 3.63) is 77.6 Å². The SMILES string of the molecule is NCc1c(-c2ccccc2)cc(C(F)(F)F)cc1-c1ccc(C(=O)NCCC(=O)O)nc1. The molecule has 0 saturated heterocycles. The van der Waals surface area contributed by atoms with Crippen molar-refractivity contribution >= 4 is 11.9 Å². The number of carbonyl (C=O) groups is 2. The van der Waals surface area contributed by atoms with Gasteiger partial charge in [-0.05, 0) is 40.5 Å². The summed E-state index contributed by atoms with van der Waals surface area (Å²) in [7, 11) is 0. The molecule has 1 amide bonds. The Hall–Kier alpha value is -3.72. The number of carbonyl (C=O) groups excluding carboxylic acids is 1. The van der Waals surface area contributed by atoms with Gasteiger partial charge in [0.15, 0.2) is 0 Å². The molecule has 0 atom stereocenters. The predicted octanol–water partition coefficient (Wildman–Crippen LogP) is 4.10. The van der Waals surface area contributed by atoms with Crippen molar-refractivity contribution in [2.75, 3.05) is 6.54 Å². The van der Waals surface area contributed by atoms with Crippen molar-refractivity contribution in [3.8, 4) is 22.3 Å². The summed E-state index contributed by atoms with van der Waals surface area (Å²) in [5.41, 5.74) is 7.25. The number of aliphatic carboxylic acids is 1. The Morgan fingerprint density at radius 2 is 1.66 bits per heavy atom. The van der Waals surface area contributed by atoms with E-state index in [4.69, 9.17) is 10.8 Å². The molecule has 6 nitrogen and oxygen atoms in total. The maximum Gasteiger partial charge on any atom is 0.416 e. The second-order valence-corrected chi connectivity index (χ2v) is 6.95. The van der Waals surface area contributed by atoms with Crippen LogP contribution in [0.5, 0.6) is 0 Å². The van der Waals surface area contributed by atoms with Gasteiger partial charge in [-0.2, -0.15) is 13.2 Å². The van der Waals surface area contributed by atoms with E-state index < -0.39 is 23.6 Å². The maximum absolute atomic E-state index is 13.6. The minimum Gasteiger partial charge on any atom is -0.481 e. The third-order valence-electron chi connectivity index (χ3n) is 4.80. The number of nitrogens with zero attached hydrogens (tertiary/aromatic N) is 1. The predicted molar refractivity (Wildman–Crippen MR) is 113 cm³/mol. The van der Waals surface area contributed by atoms with Crippen LogP contribution in [0.15, 0.2) is 60.8 Å². The summed E-state index contributed by atoms with van der Waals surface area (Å²) in [6.45, 7) is -0.0713. The Bertz CT molecular complexity index is 1120. The van der Waals surface area contributed by atoms with Crippen LogP contribution < -0.4 is 11.1 Å². The van der Waals surface area contributed by atoms with Crippen LogP contribution in [0.3, 0.4) is 0 Å². The number of nitrogens with two attached hydrogens (primary N) is 1. The highest BCUT2D eigenvalue weighted by atomic mass is 19.4. The summed E-state index contributed by atoms with van der Waals surface area (Å²) in [5, 5.41) is 11.1. The number of amides is 1. The van der Waals surface area contributed by atoms with Gasteiger partial charge >= 0.3 is 12.1 Å². The molecule has 0 unspecified atom stereocenters. The first-order valence-corrected chi connectivity index (χ1v) is 9.66. The van der Waals surface area contributed by atoms with Gasteiger partial charge in [0.2, 0.25) is 0 Å². The largest absolute Gasteiger partial charge is 0.481 e. The first kappa shape index (κ1) is 23.0.